The van der Waals surface area contributed by atoms with E-state index in [0.29, 0.717) is 6.04 Å². The Morgan fingerprint density at radius 3 is 2.92 bits per heavy atom. The van der Waals surface area contributed by atoms with Crippen LogP contribution < -0.4 is 5.32 Å². The topological polar surface area (TPSA) is 41.1 Å². The molecule has 1 aliphatic rings. The molecular weight excluding hydrogens is 336 g/mol. The first-order valence-electron chi connectivity index (χ1n) is 8.29. The minimum atomic E-state index is 0.464. The number of nitrogens with zero attached hydrogens (tertiary/aromatic N) is 3. The summed E-state index contributed by atoms with van der Waals surface area (Å²) < 4.78 is 0. The SMILES string of the molecule is c1ccc(Nc2ncc(CN3CCCCC3c3nccs3)s2)cc1. The Morgan fingerprint density at radius 2 is 2.08 bits per heavy atom. The third kappa shape index (κ3) is 3.66. The molecule has 1 aliphatic heterocycles. The molecule has 0 spiro atoms. The first kappa shape index (κ1) is 15.7. The molecule has 3 aromatic rings. The Bertz CT molecular complexity index is 754. The van der Waals surface area contributed by atoms with Crippen LogP contribution in [0.1, 0.15) is 35.2 Å². The van der Waals surface area contributed by atoms with Crippen LogP contribution >= 0.6 is 22.7 Å². The first-order valence-corrected chi connectivity index (χ1v) is 9.98. The summed E-state index contributed by atoms with van der Waals surface area (Å²) in [6.45, 7) is 2.10. The Balaban J connectivity index is 1.44. The maximum atomic E-state index is 4.55. The van der Waals surface area contributed by atoms with Crippen LogP contribution in [0, 0.1) is 0 Å². The van der Waals surface area contributed by atoms with E-state index in [9.17, 15) is 0 Å². The van der Waals surface area contributed by atoms with Gasteiger partial charge in [-0.15, -0.1) is 22.7 Å². The van der Waals surface area contributed by atoms with Crippen molar-refractivity contribution < 1.29 is 0 Å². The summed E-state index contributed by atoms with van der Waals surface area (Å²) in [5.41, 5.74) is 1.08. The lowest BCUT2D eigenvalue weighted by atomic mass is 10.0. The largest absolute Gasteiger partial charge is 0.332 e. The van der Waals surface area contributed by atoms with Crippen molar-refractivity contribution in [3.05, 3.63) is 58.0 Å². The molecule has 0 bridgehead atoms. The third-order valence-corrected chi connectivity index (χ3v) is 6.06. The predicted octanol–water partition coefficient (Wildman–Crippen LogP) is 5.07. The number of aromatic nitrogens is 2. The van der Waals surface area contributed by atoms with Crippen molar-refractivity contribution in [1.82, 2.24) is 14.9 Å². The lowest BCUT2D eigenvalue weighted by molar-refractivity contribution is 0.141. The fourth-order valence-corrected chi connectivity index (χ4v) is 4.81. The Kier molecular flexibility index (Phi) is 4.87. The second-order valence-corrected chi connectivity index (χ2v) is 8.02. The highest BCUT2D eigenvalue weighted by Gasteiger charge is 2.26. The van der Waals surface area contributed by atoms with E-state index in [0.717, 1.165) is 23.9 Å². The summed E-state index contributed by atoms with van der Waals surface area (Å²) >= 11 is 3.51. The van der Waals surface area contributed by atoms with Gasteiger partial charge in [-0.3, -0.25) is 4.90 Å². The highest BCUT2D eigenvalue weighted by atomic mass is 32.1. The van der Waals surface area contributed by atoms with E-state index < -0.39 is 0 Å². The zero-order valence-corrected chi connectivity index (χ0v) is 15.0. The maximum absolute atomic E-state index is 4.55. The fraction of sp³-hybridized carbons (Fsp3) is 0.333. The lowest BCUT2D eigenvalue weighted by Crippen LogP contribution is -2.32. The molecule has 124 valence electrons. The van der Waals surface area contributed by atoms with Gasteiger partial charge in [0.2, 0.25) is 0 Å². The van der Waals surface area contributed by atoms with E-state index in [4.69, 9.17) is 0 Å². The second-order valence-electron chi connectivity index (χ2n) is 5.98. The Morgan fingerprint density at radius 1 is 1.17 bits per heavy atom. The molecule has 4 rings (SSSR count). The lowest BCUT2D eigenvalue weighted by Gasteiger charge is -2.33. The molecule has 24 heavy (non-hydrogen) atoms. The number of benzene rings is 1. The van der Waals surface area contributed by atoms with Gasteiger partial charge in [0.15, 0.2) is 5.13 Å². The van der Waals surface area contributed by atoms with E-state index in [-0.39, 0.29) is 0 Å². The molecule has 1 N–H and O–H groups in total. The average Bonchev–Trinajstić information content (AvgIpc) is 3.29. The van der Waals surface area contributed by atoms with E-state index in [2.05, 4.69) is 37.7 Å². The van der Waals surface area contributed by atoms with E-state index in [1.165, 1.54) is 29.1 Å². The smallest absolute Gasteiger partial charge is 0.187 e. The highest BCUT2D eigenvalue weighted by molar-refractivity contribution is 7.15. The summed E-state index contributed by atoms with van der Waals surface area (Å²) in [6.07, 6.45) is 7.70. The molecular formula is C18H20N4S2. The number of nitrogens with one attached hydrogen (secondary N) is 1. The minimum absolute atomic E-state index is 0.464. The van der Waals surface area contributed by atoms with Crippen LogP contribution in [0.4, 0.5) is 10.8 Å². The van der Waals surface area contributed by atoms with E-state index in [1.807, 2.05) is 30.6 Å². The molecule has 1 aromatic carbocycles. The van der Waals surface area contributed by atoms with Crippen molar-refractivity contribution in [2.45, 2.75) is 31.8 Å². The second kappa shape index (κ2) is 7.42. The van der Waals surface area contributed by atoms with Crippen LogP contribution in [-0.4, -0.2) is 21.4 Å². The van der Waals surface area contributed by atoms with Crippen LogP contribution in [0.15, 0.2) is 48.1 Å². The van der Waals surface area contributed by atoms with Gasteiger partial charge in [0.05, 0.1) is 6.04 Å². The number of piperidine rings is 1. The van der Waals surface area contributed by atoms with Gasteiger partial charge in [0, 0.05) is 34.9 Å². The van der Waals surface area contributed by atoms with Gasteiger partial charge < -0.3 is 5.32 Å². The third-order valence-electron chi connectivity index (χ3n) is 4.29. The predicted molar refractivity (Wildman–Crippen MR) is 101 cm³/mol. The number of hydrogen-bond donors (Lipinski definition) is 1. The van der Waals surface area contributed by atoms with Gasteiger partial charge in [-0.25, -0.2) is 9.97 Å². The normalized spacial score (nSPS) is 18.6. The molecule has 2 aromatic heterocycles. The van der Waals surface area contributed by atoms with Crippen LogP contribution in [0.25, 0.3) is 0 Å². The average molecular weight is 357 g/mol. The maximum Gasteiger partial charge on any atom is 0.187 e. The van der Waals surface area contributed by atoms with Gasteiger partial charge in [-0.2, -0.15) is 0 Å². The molecule has 1 unspecified atom stereocenters. The van der Waals surface area contributed by atoms with E-state index >= 15 is 0 Å². The number of para-hydroxylation sites is 1. The zero-order valence-electron chi connectivity index (χ0n) is 13.4. The molecule has 0 aliphatic carbocycles. The molecule has 1 fully saturated rings. The monoisotopic (exact) mass is 356 g/mol. The summed E-state index contributed by atoms with van der Waals surface area (Å²) in [5, 5.41) is 7.67. The fourth-order valence-electron chi connectivity index (χ4n) is 3.14. The molecule has 1 atom stereocenters. The van der Waals surface area contributed by atoms with Crippen LogP contribution in [0.2, 0.25) is 0 Å². The Hall–Kier alpha value is -1.76. The zero-order chi connectivity index (χ0) is 16.2. The molecule has 1 saturated heterocycles. The van der Waals surface area contributed by atoms with Gasteiger partial charge in [0.25, 0.3) is 0 Å². The van der Waals surface area contributed by atoms with Gasteiger partial charge in [-0.1, -0.05) is 24.6 Å². The molecule has 6 heteroatoms. The number of rotatable bonds is 5. The van der Waals surface area contributed by atoms with Crippen molar-refractivity contribution in [2.75, 3.05) is 11.9 Å². The van der Waals surface area contributed by atoms with Crippen molar-refractivity contribution in [3.63, 3.8) is 0 Å². The van der Waals surface area contributed by atoms with Crippen molar-refractivity contribution in [1.29, 1.82) is 0 Å². The van der Waals surface area contributed by atoms with Gasteiger partial charge in [-0.05, 0) is 31.5 Å². The summed E-state index contributed by atoms with van der Waals surface area (Å²) in [4.78, 5) is 12.9. The number of hydrogen-bond acceptors (Lipinski definition) is 6. The van der Waals surface area contributed by atoms with Gasteiger partial charge in [0.1, 0.15) is 5.01 Å². The van der Waals surface area contributed by atoms with Crippen molar-refractivity contribution in [3.8, 4) is 0 Å². The van der Waals surface area contributed by atoms with Crippen LogP contribution in [0.3, 0.4) is 0 Å². The van der Waals surface area contributed by atoms with Crippen LogP contribution in [-0.2, 0) is 6.54 Å². The van der Waals surface area contributed by atoms with Gasteiger partial charge >= 0.3 is 0 Å². The highest BCUT2D eigenvalue weighted by Crippen LogP contribution is 2.34. The first-order chi connectivity index (χ1) is 11.9. The molecule has 0 saturated carbocycles. The number of thiazole rings is 2. The van der Waals surface area contributed by atoms with E-state index in [1.54, 1.807) is 22.7 Å². The number of likely N-dealkylation sites (tertiary alicyclic amines) is 1. The quantitative estimate of drug-likeness (QED) is 0.693. The molecule has 0 amide bonds. The molecule has 0 radical (unpaired) electrons. The van der Waals surface area contributed by atoms with Crippen molar-refractivity contribution >= 4 is 33.5 Å². The molecule has 3 heterocycles. The molecule has 4 nitrogen and oxygen atoms in total. The summed E-state index contributed by atoms with van der Waals surface area (Å²) in [5.74, 6) is 0. The van der Waals surface area contributed by atoms with Crippen molar-refractivity contribution in [2.24, 2.45) is 0 Å². The Labute approximate surface area is 150 Å². The standard InChI is InChI=1S/C18H20N4S2/c1-2-6-14(7-3-1)21-18-20-12-15(24-18)13-22-10-5-4-8-16(22)17-19-9-11-23-17/h1-3,6-7,9,11-12,16H,4-5,8,10,13H2,(H,20,21). The summed E-state index contributed by atoms with van der Waals surface area (Å²) in [6, 6.07) is 10.7. The summed E-state index contributed by atoms with van der Waals surface area (Å²) in [7, 11) is 0. The minimum Gasteiger partial charge on any atom is -0.332 e. The van der Waals surface area contributed by atoms with Crippen LogP contribution in [0.5, 0.6) is 0 Å². The number of anilines is 2.